The molecule has 2 N–H and O–H groups in total. The summed E-state index contributed by atoms with van der Waals surface area (Å²) in [6.45, 7) is 8.86. The van der Waals surface area contributed by atoms with Gasteiger partial charge in [0.05, 0.1) is 12.2 Å². The zero-order chi connectivity index (χ0) is 9.83. The van der Waals surface area contributed by atoms with Gasteiger partial charge in [0.1, 0.15) is 0 Å². The van der Waals surface area contributed by atoms with Gasteiger partial charge in [0.15, 0.2) is 0 Å². The number of ether oxygens (including phenoxy) is 1. The molecule has 0 aromatic heterocycles. The number of hydrogen-bond donors (Lipinski definition) is 2. The van der Waals surface area contributed by atoms with Crippen LogP contribution in [0.1, 0.15) is 27.7 Å². The second kappa shape index (κ2) is 4.21. The molecule has 0 aliphatic heterocycles. The molecule has 0 fully saturated rings. The first-order valence-corrected chi connectivity index (χ1v) is 4.23. The van der Waals surface area contributed by atoms with Gasteiger partial charge in [-0.25, -0.2) is 0 Å². The van der Waals surface area contributed by atoms with Crippen LogP contribution in [0, 0.1) is 0 Å². The average molecular weight is 175 g/mol. The summed E-state index contributed by atoms with van der Waals surface area (Å²) in [5.41, 5.74) is -0.736. The van der Waals surface area contributed by atoms with Crippen molar-refractivity contribution >= 4 is 0 Å². The third-order valence-electron chi connectivity index (χ3n) is 1.45. The molecule has 0 saturated carbocycles. The molecule has 0 radical (unpaired) electrons. The lowest BCUT2D eigenvalue weighted by molar-refractivity contribution is -0.0190. The summed E-state index contributed by atoms with van der Waals surface area (Å²) in [7, 11) is 1.59. The van der Waals surface area contributed by atoms with Crippen LogP contribution in [0.4, 0.5) is 0 Å². The lowest BCUT2D eigenvalue weighted by atomic mass is 10.0. The van der Waals surface area contributed by atoms with Crippen LogP contribution in [0.5, 0.6) is 0 Å². The summed E-state index contributed by atoms with van der Waals surface area (Å²) in [4.78, 5) is 0. The quantitative estimate of drug-likeness (QED) is 0.663. The Bertz CT molecular complexity index is 127. The summed E-state index contributed by atoms with van der Waals surface area (Å²) < 4.78 is 4.88. The van der Waals surface area contributed by atoms with E-state index in [-0.39, 0.29) is 5.54 Å². The minimum Gasteiger partial charge on any atom is -0.386 e. The lowest BCUT2D eigenvalue weighted by Crippen LogP contribution is -2.48. The summed E-state index contributed by atoms with van der Waals surface area (Å²) in [6, 6.07) is 0. The Hall–Kier alpha value is -0.120. The standard InChI is InChI=1S/C9H21NO2/c1-8(2,3)10-6-9(4,11)7-12-5/h10-11H,6-7H2,1-5H3. The number of nitrogens with one attached hydrogen (secondary N) is 1. The first-order chi connectivity index (χ1) is 5.27. The minimum atomic E-state index is -0.776. The van der Waals surface area contributed by atoms with Gasteiger partial charge in [-0.05, 0) is 27.7 Å². The van der Waals surface area contributed by atoms with E-state index >= 15 is 0 Å². The Labute approximate surface area is 75.1 Å². The van der Waals surface area contributed by atoms with Gasteiger partial charge in [-0.3, -0.25) is 0 Å². The Morgan fingerprint density at radius 2 is 1.75 bits per heavy atom. The van der Waals surface area contributed by atoms with Gasteiger partial charge in [0, 0.05) is 19.2 Å². The smallest absolute Gasteiger partial charge is 0.0975 e. The van der Waals surface area contributed by atoms with Crippen molar-refractivity contribution in [3.63, 3.8) is 0 Å². The highest BCUT2D eigenvalue weighted by Crippen LogP contribution is 2.05. The molecule has 0 amide bonds. The van der Waals surface area contributed by atoms with Crippen LogP contribution in [-0.2, 0) is 4.74 Å². The summed E-state index contributed by atoms with van der Waals surface area (Å²) in [5, 5.41) is 12.9. The van der Waals surface area contributed by atoms with Crippen molar-refractivity contribution in [1.29, 1.82) is 0 Å². The number of β-amino-alcohol motifs (C(OH)–C–C–N with tert-alkyl or cyclic N) is 1. The zero-order valence-corrected chi connectivity index (χ0v) is 8.77. The van der Waals surface area contributed by atoms with Crippen LogP contribution < -0.4 is 5.32 Å². The Morgan fingerprint density at radius 1 is 1.25 bits per heavy atom. The van der Waals surface area contributed by atoms with Gasteiger partial charge in [0.25, 0.3) is 0 Å². The van der Waals surface area contributed by atoms with Crippen LogP contribution in [-0.4, -0.2) is 36.5 Å². The van der Waals surface area contributed by atoms with Crippen LogP contribution in [0.3, 0.4) is 0 Å². The molecule has 74 valence electrons. The Balaban J connectivity index is 3.75. The highest BCUT2D eigenvalue weighted by atomic mass is 16.5. The molecule has 0 aromatic carbocycles. The maximum absolute atomic E-state index is 9.69. The van der Waals surface area contributed by atoms with Crippen molar-refractivity contribution < 1.29 is 9.84 Å². The van der Waals surface area contributed by atoms with E-state index in [1.807, 2.05) is 0 Å². The molecule has 0 aromatic rings. The van der Waals surface area contributed by atoms with Crippen LogP contribution in [0.2, 0.25) is 0 Å². The Morgan fingerprint density at radius 3 is 2.08 bits per heavy atom. The number of aliphatic hydroxyl groups is 1. The van der Waals surface area contributed by atoms with Crippen molar-refractivity contribution in [1.82, 2.24) is 5.32 Å². The van der Waals surface area contributed by atoms with Crippen molar-refractivity contribution in [2.24, 2.45) is 0 Å². The van der Waals surface area contributed by atoms with E-state index in [4.69, 9.17) is 4.74 Å². The highest BCUT2D eigenvalue weighted by Gasteiger charge is 2.22. The van der Waals surface area contributed by atoms with Crippen LogP contribution >= 0.6 is 0 Å². The van der Waals surface area contributed by atoms with E-state index in [0.717, 1.165) is 0 Å². The summed E-state index contributed by atoms with van der Waals surface area (Å²) in [5.74, 6) is 0. The van der Waals surface area contributed by atoms with Gasteiger partial charge in [0.2, 0.25) is 0 Å². The maximum atomic E-state index is 9.69. The second-order valence-electron chi connectivity index (χ2n) is 4.53. The molecule has 3 nitrogen and oxygen atoms in total. The highest BCUT2D eigenvalue weighted by molar-refractivity contribution is 4.80. The summed E-state index contributed by atoms with van der Waals surface area (Å²) in [6.07, 6.45) is 0. The number of methoxy groups -OCH3 is 1. The van der Waals surface area contributed by atoms with Gasteiger partial charge in [-0.15, -0.1) is 0 Å². The fourth-order valence-electron chi connectivity index (χ4n) is 0.818. The number of rotatable bonds is 4. The molecule has 0 heterocycles. The number of hydrogen-bond acceptors (Lipinski definition) is 3. The molecule has 0 rings (SSSR count). The molecule has 0 aliphatic carbocycles. The average Bonchev–Trinajstić information content (AvgIpc) is 1.83. The largest absolute Gasteiger partial charge is 0.386 e. The first-order valence-electron chi connectivity index (χ1n) is 4.23. The lowest BCUT2D eigenvalue weighted by Gasteiger charge is -2.28. The van der Waals surface area contributed by atoms with E-state index in [2.05, 4.69) is 26.1 Å². The van der Waals surface area contributed by atoms with Gasteiger partial charge in [-0.2, -0.15) is 0 Å². The Kier molecular flexibility index (Phi) is 4.17. The van der Waals surface area contributed by atoms with E-state index in [9.17, 15) is 5.11 Å². The molecule has 1 atom stereocenters. The van der Waals surface area contributed by atoms with E-state index < -0.39 is 5.60 Å². The summed E-state index contributed by atoms with van der Waals surface area (Å²) >= 11 is 0. The first kappa shape index (κ1) is 11.9. The third-order valence-corrected chi connectivity index (χ3v) is 1.45. The van der Waals surface area contributed by atoms with Crippen LogP contribution in [0.25, 0.3) is 0 Å². The normalized spacial score (nSPS) is 17.5. The van der Waals surface area contributed by atoms with E-state index in [1.54, 1.807) is 14.0 Å². The fraction of sp³-hybridized carbons (Fsp3) is 1.00. The molecular formula is C9H21NO2. The van der Waals surface area contributed by atoms with Crippen LogP contribution in [0.15, 0.2) is 0 Å². The SMILES string of the molecule is COCC(C)(O)CNC(C)(C)C. The molecule has 0 spiro atoms. The molecule has 0 bridgehead atoms. The van der Waals surface area contributed by atoms with Gasteiger partial charge < -0.3 is 15.2 Å². The molecule has 0 saturated heterocycles. The van der Waals surface area contributed by atoms with Gasteiger partial charge >= 0.3 is 0 Å². The van der Waals surface area contributed by atoms with Crippen molar-refractivity contribution in [3.8, 4) is 0 Å². The topological polar surface area (TPSA) is 41.5 Å². The minimum absolute atomic E-state index is 0.0394. The monoisotopic (exact) mass is 175 g/mol. The molecule has 1 unspecified atom stereocenters. The maximum Gasteiger partial charge on any atom is 0.0975 e. The second-order valence-corrected chi connectivity index (χ2v) is 4.53. The van der Waals surface area contributed by atoms with Crippen molar-refractivity contribution in [2.75, 3.05) is 20.3 Å². The van der Waals surface area contributed by atoms with Crippen molar-refractivity contribution in [2.45, 2.75) is 38.8 Å². The van der Waals surface area contributed by atoms with E-state index in [0.29, 0.717) is 13.2 Å². The van der Waals surface area contributed by atoms with Gasteiger partial charge in [-0.1, -0.05) is 0 Å². The molecule has 0 aliphatic rings. The zero-order valence-electron chi connectivity index (χ0n) is 8.77. The molecule has 3 heteroatoms. The van der Waals surface area contributed by atoms with Crippen molar-refractivity contribution in [3.05, 3.63) is 0 Å². The molecular weight excluding hydrogens is 154 g/mol. The fourth-order valence-corrected chi connectivity index (χ4v) is 0.818. The molecule has 12 heavy (non-hydrogen) atoms. The predicted molar refractivity (Wildman–Crippen MR) is 50.3 cm³/mol. The van der Waals surface area contributed by atoms with E-state index in [1.165, 1.54) is 0 Å². The predicted octanol–water partition coefficient (Wildman–Crippen LogP) is 0.772. The third kappa shape index (κ3) is 6.58.